The SMILES string of the molecule is CCOC(=O)CSc1ccc(C=O)c(Br)c1. The van der Waals surface area contributed by atoms with Crippen molar-refractivity contribution >= 4 is 39.9 Å². The third-order valence-electron chi connectivity index (χ3n) is 1.76. The lowest BCUT2D eigenvalue weighted by molar-refractivity contribution is -0.139. The third-order valence-corrected chi connectivity index (χ3v) is 3.41. The first-order valence-corrected chi connectivity index (χ1v) is 6.48. The van der Waals surface area contributed by atoms with E-state index in [9.17, 15) is 9.59 Å². The summed E-state index contributed by atoms with van der Waals surface area (Å²) >= 11 is 4.67. The standard InChI is InChI=1S/C11H11BrO3S/c1-2-15-11(14)7-16-9-4-3-8(6-13)10(12)5-9/h3-6H,2,7H2,1H3. The van der Waals surface area contributed by atoms with E-state index in [4.69, 9.17) is 4.74 Å². The van der Waals surface area contributed by atoms with Gasteiger partial charge in [-0.05, 0) is 25.1 Å². The van der Waals surface area contributed by atoms with E-state index in [-0.39, 0.29) is 11.7 Å². The number of esters is 1. The van der Waals surface area contributed by atoms with Gasteiger partial charge < -0.3 is 4.74 Å². The topological polar surface area (TPSA) is 43.4 Å². The fraction of sp³-hybridized carbons (Fsp3) is 0.273. The molecule has 3 nitrogen and oxygen atoms in total. The maximum atomic E-state index is 11.1. The van der Waals surface area contributed by atoms with Gasteiger partial charge in [-0.2, -0.15) is 0 Å². The lowest BCUT2D eigenvalue weighted by Crippen LogP contribution is -2.06. The molecule has 16 heavy (non-hydrogen) atoms. The van der Waals surface area contributed by atoms with Gasteiger partial charge in [-0.3, -0.25) is 9.59 Å². The van der Waals surface area contributed by atoms with Crippen molar-refractivity contribution in [2.75, 3.05) is 12.4 Å². The van der Waals surface area contributed by atoms with E-state index in [1.807, 2.05) is 6.07 Å². The Bertz CT molecular complexity index is 393. The third kappa shape index (κ3) is 3.98. The van der Waals surface area contributed by atoms with Crippen LogP contribution in [0.1, 0.15) is 17.3 Å². The summed E-state index contributed by atoms with van der Waals surface area (Å²) in [7, 11) is 0. The first-order chi connectivity index (χ1) is 7.67. The van der Waals surface area contributed by atoms with Crippen molar-refractivity contribution in [3.63, 3.8) is 0 Å². The van der Waals surface area contributed by atoms with Crippen LogP contribution in [-0.2, 0) is 9.53 Å². The van der Waals surface area contributed by atoms with Gasteiger partial charge in [0.15, 0.2) is 6.29 Å². The van der Waals surface area contributed by atoms with Gasteiger partial charge in [0, 0.05) is 14.9 Å². The molecule has 1 aromatic carbocycles. The summed E-state index contributed by atoms with van der Waals surface area (Å²) in [6, 6.07) is 5.33. The number of rotatable bonds is 5. The summed E-state index contributed by atoms with van der Waals surface area (Å²) < 4.78 is 5.54. The molecule has 0 N–H and O–H groups in total. The smallest absolute Gasteiger partial charge is 0.316 e. The molecule has 86 valence electrons. The molecule has 0 aliphatic carbocycles. The number of hydrogen-bond donors (Lipinski definition) is 0. The van der Waals surface area contributed by atoms with Crippen molar-refractivity contribution in [1.29, 1.82) is 0 Å². The van der Waals surface area contributed by atoms with Crippen LogP contribution in [0.15, 0.2) is 27.6 Å². The van der Waals surface area contributed by atoms with E-state index in [0.29, 0.717) is 12.2 Å². The molecule has 0 aliphatic heterocycles. The molecule has 5 heteroatoms. The van der Waals surface area contributed by atoms with Gasteiger partial charge in [-0.1, -0.05) is 15.9 Å². The highest BCUT2D eigenvalue weighted by atomic mass is 79.9. The fourth-order valence-electron chi connectivity index (χ4n) is 1.04. The molecule has 1 aromatic rings. The number of halogens is 1. The van der Waals surface area contributed by atoms with Crippen LogP contribution in [0.3, 0.4) is 0 Å². The summed E-state index contributed by atoms with van der Waals surface area (Å²) in [4.78, 5) is 22.6. The molecule has 1 rings (SSSR count). The zero-order valence-corrected chi connectivity index (χ0v) is 11.1. The van der Waals surface area contributed by atoms with Crippen molar-refractivity contribution < 1.29 is 14.3 Å². The normalized spacial score (nSPS) is 9.88. The van der Waals surface area contributed by atoms with Crippen LogP contribution in [0.25, 0.3) is 0 Å². The van der Waals surface area contributed by atoms with Crippen molar-refractivity contribution in [3.8, 4) is 0 Å². The molecule has 0 atom stereocenters. The van der Waals surface area contributed by atoms with Crippen LogP contribution in [0.5, 0.6) is 0 Å². The van der Waals surface area contributed by atoms with Crippen LogP contribution >= 0.6 is 27.7 Å². The number of ether oxygens (including phenoxy) is 1. The Balaban J connectivity index is 2.58. The summed E-state index contributed by atoms with van der Waals surface area (Å²) in [6.07, 6.45) is 0.782. The second-order valence-corrected chi connectivity index (χ2v) is 4.80. The molecule has 0 amide bonds. The van der Waals surface area contributed by atoms with Crippen molar-refractivity contribution in [3.05, 3.63) is 28.2 Å². The molecule has 0 unspecified atom stereocenters. The summed E-state index contributed by atoms with van der Waals surface area (Å²) in [5, 5.41) is 0. The van der Waals surface area contributed by atoms with E-state index in [0.717, 1.165) is 15.7 Å². The molecule has 0 radical (unpaired) electrons. The van der Waals surface area contributed by atoms with Gasteiger partial charge in [-0.15, -0.1) is 11.8 Å². The molecule has 0 fully saturated rings. The minimum absolute atomic E-state index is 0.233. The lowest BCUT2D eigenvalue weighted by Gasteiger charge is -2.03. The Morgan fingerprint density at radius 3 is 2.88 bits per heavy atom. The Kier molecular flexibility index (Phi) is 5.55. The number of carbonyl (C=O) groups is 2. The fourth-order valence-corrected chi connectivity index (χ4v) is 2.40. The average Bonchev–Trinajstić information content (AvgIpc) is 2.27. The molecule has 0 bridgehead atoms. The van der Waals surface area contributed by atoms with Crippen molar-refractivity contribution in [2.45, 2.75) is 11.8 Å². The maximum Gasteiger partial charge on any atom is 0.316 e. The summed E-state index contributed by atoms with van der Waals surface area (Å²) in [6.45, 7) is 2.17. The van der Waals surface area contributed by atoms with Crippen LogP contribution in [0.2, 0.25) is 0 Å². The summed E-state index contributed by atoms with van der Waals surface area (Å²) in [5.41, 5.74) is 0.598. The van der Waals surface area contributed by atoms with Crippen molar-refractivity contribution in [1.82, 2.24) is 0 Å². The second-order valence-electron chi connectivity index (χ2n) is 2.89. The highest BCUT2D eigenvalue weighted by Crippen LogP contribution is 2.24. The van der Waals surface area contributed by atoms with Crippen LogP contribution in [0, 0.1) is 0 Å². The zero-order chi connectivity index (χ0) is 12.0. The van der Waals surface area contributed by atoms with Gasteiger partial charge in [0.05, 0.1) is 12.4 Å². The molecule has 0 saturated carbocycles. The monoisotopic (exact) mass is 302 g/mol. The van der Waals surface area contributed by atoms with Gasteiger partial charge in [0.2, 0.25) is 0 Å². The molecular weight excluding hydrogens is 292 g/mol. The van der Waals surface area contributed by atoms with Gasteiger partial charge >= 0.3 is 5.97 Å². The largest absolute Gasteiger partial charge is 0.465 e. The van der Waals surface area contributed by atoms with E-state index in [2.05, 4.69) is 15.9 Å². The first kappa shape index (κ1) is 13.3. The Morgan fingerprint density at radius 1 is 1.56 bits per heavy atom. The van der Waals surface area contributed by atoms with Gasteiger partial charge in [0.1, 0.15) is 0 Å². The summed E-state index contributed by atoms with van der Waals surface area (Å²) in [5.74, 6) is 0.0452. The minimum atomic E-state index is -0.233. The molecule has 0 spiro atoms. The second kappa shape index (κ2) is 6.70. The lowest BCUT2D eigenvalue weighted by atomic mass is 10.2. The Hall–Kier alpha value is -0.810. The molecule has 0 heterocycles. The maximum absolute atomic E-state index is 11.1. The van der Waals surface area contributed by atoms with E-state index in [1.54, 1.807) is 19.1 Å². The van der Waals surface area contributed by atoms with E-state index < -0.39 is 0 Å². The predicted molar refractivity (Wildman–Crippen MR) is 66.9 cm³/mol. The minimum Gasteiger partial charge on any atom is -0.465 e. The van der Waals surface area contributed by atoms with E-state index in [1.165, 1.54) is 11.8 Å². The quantitative estimate of drug-likeness (QED) is 0.476. The Morgan fingerprint density at radius 2 is 2.31 bits per heavy atom. The number of hydrogen-bond acceptors (Lipinski definition) is 4. The molecular formula is C11H11BrO3S. The predicted octanol–water partition coefficient (Wildman–Crippen LogP) is 2.92. The number of benzene rings is 1. The van der Waals surface area contributed by atoms with Crippen LogP contribution in [0.4, 0.5) is 0 Å². The highest BCUT2D eigenvalue weighted by molar-refractivity contribution is 9.10. The van der Waals surface area contributed by atoms with E-state index >= 15 is 0 Å². The molecule has 0 aliphatic rings. The van der Waals surface area contributed by atoms with Gasteiger partial charge in [-0.25, -0.2) is 0 Å². The highest BCUT2D eigenvalue weighted by Gasteiger charge is 2.05. The van der Waals surface area contributed by atoms with Crippen LogP contribution < -0.4 is 0 Å². The average molecular weight is 303 g/mol. The number of aldehydes is 1. The van der Waals surface area contributed by atoms with Gasteiger partial charge in [0.25, 0.3) is 0 Å². The molecule has 0 aromatic heterocycles. The first-order valence-electron chi connectivity index (χ1n) is 4.70. The number of carbonyl (C=O) groups excluding carboxylic acids is 2. The number of thioether (sulfide) groups is 1. The van der Waals surface area contributed by atoms with Crippen molar-refractivity contribution in [2.24, 2.45) is 0 Å². The Labute approximate surface area is 107 Å². The van der Waals surface area contributed by atoms with Crippen LogP contribution in [-0.4, -0.2) is 24.6 Å². The molecule has 0 saturated heterocycles. The zero-order valence-electron chi connectivity index (χ0n) is 8.73.